The van der Waals surface area contributed by atoms with Crippen LogP contribution in [0.2, 0.25) is 0 Å². The van der Waals surface area contributed by atoms with E-state index in [1.54, 1.807) is 12.1 Å². The molecule has 15 heavy (non-hydrogen) atoms. The van der Waals surface area contributed by atoms with Crippen LogP contribution in [-0.2, 0) is 6.54 Å². The Balaban J connectivity index is 2.40. The lowest BCUT2D eigenvalue weighted by molar-refractivity contribution is 0.493. The van der Waals surface area contributed by atoms with Gasteiger partial charge in [-0.15, -0.1) is 0 Å². The van der Waals surface area contributed by atoms with Crippen molar-refractivity contribution in [1.82, 2.24) is 10.6 Å². The molecular weight excluding hydrogens is 191 g/mol. The predicted molar refractivity (Wildman–Crippen MR) is 60.7 cm³/mol. The van der Waals surface area contributed by atoms with Gasteiger partial charge in [-0.25, -0.2) is 4.39 Å². The topological polar surface area (TPSA) is 24.1 Å². The fraction of sp³-hybridized carbons (Fsp3) is 0.333. The summed E-state index contributed by atoms with van der Waals surface area (Å²) in [4.78, 5) is 0. The Morgan fingerprint density at radius 2 is 2.13 bits per heavy atom. The van der Waals surface area contributed by atoms with Crippen molar-refractivity contribution in [2.45, 2.75) is 26.6 Å². The Kier molecular flexibility index (Phi) is 4.84. The van der Waals surface area contributed by atoms with Crippen LogP contribution in [0, 0.1) is 5.82 Å². The number of benzene rings is 1. The maximum Gasteiger partial charge on any atom is 0.127 e. The molecule has 1 unspecified atom stereocenters. The fourth-order valence-corrected chi connectivity index (χ4v) is 1.20. The molecular formula is C12H17FN2. The van der Waals surface area contributed by atoms with Gasteiger partial charge in [-0.1, -0.05) is 24.3 Å². The lowest BCUT2D eigenvalue weighted by atomic mass is 10.2. The molecule has 0 bridgehead atoms. The molecule has 0 heterocycles. The Hall–Kier alpha value is -1.35. The van der Waals surface area contributed by atoms with Crippen molar-refractivity contribution >= 4 is 0 Å². The number of rotatable bonds is 5. The van der Waals surface area contributed by atoms with Crippen LogP contribution in [-0.4, -0.2) is 6.17 Å². The van der Waals surface area contributed by atoms with E-state index in [2.05, 4.69) is 10.6 Å². The first kappa shape index (κ1) is 11.7. The van der Waals surface area contributed by atoms with E-state index in [0.29, 0.717) is 12.1 Å². The van der Waals surface area contributed by atoms with Crippen molar-refractivity contribution in [3.05, 3.63) is 47.9 Å². The van der Waals surface area contributed by atoms with E-state index in [1.165, 1.54) is 6.07 Å². The molecule has 1 atom stereocenters. The highest BCUT2D eigenvalue weighted by molar-refractivity contribution is 5.16. The third-order valence-electron chi connectivity index (χ3n) is 2.07. The van der Waals surface area contributed by atoms with Crippen molar-refractivity contribution in [2.24, 2.45) is 0 Å². The van der Waals surface area contributed by atoms with Crippen LogP contribution < -0.4 is 10.6 Å². The summed E-state index contributed by atoms with van der Waals surface area (Å²) in [5.74, 6) is -0.164. The molecule has 1 aromatic carbocycles. The molecule has 2 N–H and O–H groups in total. The molecule has 0 radical (unpaired) electrons. The molecule has 0 aliphatic carbocycles. The lowest BCUT2D eigenvalue weighted by Gasteiger charge is -2.14. The van der Waals surface area contributed by atoms with Gasteiger partial charge in [0.15, 0.2) is 0 Å². The number of allylic oxidation sites excluding steroid dienone is 1. The van der Waals surface area contributed by atoms with Gasteiger partial charge in [0.1, 0.15) is 5.82 Å². The van der Waals surface area contributed by atoms with Crippen LogP contribution in [0.3, 0.4) is 0 Å². The van der Waals surface area contributed by atoms with E-state index in [0.717, 1.165) is 0 Å². The Bertz CT molecular complexity index is 323. The van der Waals surface area contributed by atoms with Crippen LogP contribution in [0.25, 0.3) is 0 Å². The minimum absolute atomic E-state index is 0.126. The largest absolute Gasteiger partial charge is 0.376 e. The van der Waals surface area contributed by atoms with Gasteiger partial charge in [0.25, 0.3) is 0 Å². The zero-order valence-corrected chi connectivity index (χ0v) is 9.13. The third kappa shape index (κ3) is 4.13. The van der Waals surface area contributed by atoms with Crippen LogP contribution in [0.4, 0.5) is 4.39 Å². The van der Waals surface area contributed by atoms with Crippen LogP contribution in [0.15, 0.2) is 36.5 Å². The molecule has 0 fully saturated rings. The second kappa shape index (κ2) is 6.19. The van der Waals surface area contributed by atoms with E-state index in [9.17, 15) is 4.39 Å². The van der Waals surface area contributed by atoms with E-state index >= 15 is 0 Å². The number of nitrogens with one attached hydrogen (secondary N) is 2. The first-order valence-electron chi connectivity index (χ1n) is 5.08. The summed E-state index contributed by atoms with van der Waals surface area (Å²) in [6.07, 6.45) is 3.90. The van der Waals surface area contributed by atoms with Crippen LogP contribution in [0.5, 0.6) is 0 Å². The maximum atomic E-state index is 13.2. The first-order valence-corrected chi connectivity index (χ1v) is 5.08. The summed E-state index contributed by atoms with van der Waals surface area (Å²) in [6.45, 7) is 4.45. The fourth-order valence-electron chi connectivity index (χ4n) is 1.20. The Labute approximate surface area is 90.2 Å². The number of hydrogen-bond acceptors (Lipinski definition) is 2. The quantitative estimate of drug-likeness (QED) is 0.726. The second-order valence-corrected chi connectivity index (χ2v) is 3.36. The highest BCUT2D eigenvalue weighted by Gasteiger charge is 2.01. The normalized spacial score (nSPS) is 13.0. The summed E-state index contributed by atoms with van der Waals surface area (Å²) in [5, 5.41) is 6.28. The first-order chi connectivity index (χ1) is 7.24. The summed E-state index contributed by atoms with van der Waals surface area (Å²) in [5.41, 5.74) is 0.687. The van der Waals surface area contributed by atoms with Gasteiger partial charge in [-0.2, -0.15) is 0 Å². The standard InChI is InChI=1S/C12H17FN2/c1-3-8-14-10(2)15-9-11-6-4-5-7-12(11)13/h3-8,10,14-15H,9H2,1-2H3/b8-3-. The van der Waals surface area contributed by atoms with E-state index in [1.807, 2.05) is 32.2 Å². The summed E-state index contributed by atoms with van der Waals surface area (Å²) in [7, 11) is 0. The van der Waals surface area contributed by atoms with Crippen molar-refractivity contribution < 1.29 is 4.39 Å². The minimum atomic E-state index is -0.164. The lowest BCUT2D eigenvalue weighted by Crippen LogP contribution is -2.36. The van der Waals surface area contributed by atoms with Gasteiger partial charge in [-0.05, 0) is 26.1 Å². The number of hydrogen-bond donors (Lipinski definition) is 2. The third-order valence-corrected chi connectivity index (χ3v) is 2.07. The molecule has 1 rings (SSSR count). The van der Waals surface area contributed by atoms with Crippen molar-refractivity contribution in [3.63, 3.8) is 0 Å². The number of halogens is 1. The summed E-state index contributed by atoms with van der Waals surface area (Å²) >= 11 is 0. The van der Waals surface area contributed by atoms with Gasteiger partial charge >= 0.3 is 0 Å². The molecule has 0 aromatic heterocycles. The van der Waals surface area contributed by atoms with Gasteiger partial charge < -0.3 is 5.32 Å². The average molecular weight is 208 g/mol. The van der Waals surface area contributed by atoms with Gasteiger partial charge in [0.05, 0.1) is 6.17 Å². The highest BCUT2D eigenvalue weighted by atomic mass is 19.1. The van der Waals surface area contributed by atoms with Gasteiger partial charge in [0.2, 0.25) is 0 Å². The maximum absolute atomic E-state index is 13.2. The zero-order chi connectivity index (χ0) is 11.1. The molecule has 2 nitrogen and oxygen atoms in total. The second-order valence-electron chi connectivity index (χ2n) is 3.36. The average Bonchev–Trinajstić information content (AvgIpc) is 2.25. The molecule has 3 heteroatoms. The zero-order valence-electron chi connectivity index (χ0n) is 9.13. The Morgan fingerprint density at radius 3 is 2.80 bits per heavy atom. The SMILES string of the molecule is C/C=C\NC(C)NCc1ccccc1F. The molecule has 1 aromatic rings. The van der Waals surface area contributed by atoms with Crippen molar-refractivity contribution in [1.29, 1.82) is 0 Å². The summed E-state index contributed by atoms with van der Waals surface area (Å²) in [6, 6.07) is 6.79. The minimum Gasteiger partial charge on any atom is -0.376 e. The molecule has 0 saturated carbocycles. The van der Waals surface area contributed by atoms with Crippen LogP contribution >= 0.6 is 0 Å². The monoisotopic (exact) mass is 208 g/mol. The molecule has 82 valence electrons. The highest BCUT2D eigenvalue weighted by Crippen LogP contribution is 2.05. The van der Waals surface area contributed by atoms with Crippen molar-refractivity contribution in [3.8, 4) is 0 Å². The van der Waals surface area contributed by atoms with Gasteiger partial charge in [-0.3, -0.25) is 5.32 Å². The predicted octanol–water partition coefficient (Wildman–Crippen LogP) is 2.38. The van der Waals surface area contributed by atoms with E-state index in [-0.39, 0.29) is 12.0 Å². The Morgan fingerprint density at radius 1 is 1.40 bits per heavy atom. The van der Waals surface area contributed by atoms with Gasteiger partial charge in [0, 0.05) is 12.1 Å². The molecule has 0 aliphatic rings. The van der Waals surface area contributed by atoms with Crippen molar-refractivity contribution in [2.75, 3.05) is 0 Å². The van der Waals surface area contributed by atoms with E-state index < -0.39 is 0 Å². The summed E-state index contributed by atoms with van der Waals surface area (Å²) < 4.78 is 13.2. The van der Waals surface area contributed by atoms with Crippen LogP contribution in [0.1, 0.15) is 19.4 Å². The smallest absolute Gasteiger partial charge is 0.127 e. The van der Waals surface area contributed by atoms with E-state index in [4.69, 9.17) is 0 Å². The molecule has 0 saturated heterocycles. The molecule has 0 amide bonds. The molecule has 0 aliphatic heterocycles. The molecule has 0 spiro atoms.